The van der Waals surface area contributed by atoms with E-state index in [1.165, 1.54) is 6.07 Å². The van der Waals surface area contributed by atoms with Crippen LogP contribution in [0, 0.1) is 6.92 Å². The molecule has 0 aromatic heterocycles. The molecule has 0 saturated carbocycles. The summed E-state index contributed by atoms with van der Waals surface area (Å²) in [4.78, 5) is 11.7. The van der Waals surface area contributed by atoms with Crippen LogP contribution in [0.4, 0.5) is 8.78 Å². The zero-order valence-electron chi connectivity index (χ0n) is 16.3. The second-order valence-electron chi connectivity index (χ2n) is 6.33. The standard InChI is InChI=1S/C22H26F2O3/c1-5-15-9-8-10-19(27-21(25)7-3)18(15)13-26-20-11-14(4)16(6-2)12-17(20)22(23)24/h8-12,22H,5-7,13H2,1-4H3. The number of carbonyl (C=O) groups excluding carboxylic acids is 1. The van der Waals surface area contributed by atoms with Crippen LogP contribution in [-0.4, -0.2) is 5.97 Å². The summed E-state index contributed by atoms with van der Waals surface area (Å²) in [6.45, 7) is 7.57. The van der Waals surface area contributed by atoms with Crippen LogP contribution in [0.2, 0.25) is 0 Å². The van der Waals surface area contributed by atoms with Crippen LogP contribution in [0.5, 0.6) is 11.5 Å². The predicted molar refractivity (Wildman–Crippen MR) is 102 cm³/mol. The Morgan fingerprint density at radius 2 is 1.74 bits per heavy atom. The molecule has 2 rings (SSSR count). The molecule has 0 unspecified atom stereocenters. The third-order valence-corrected chi connectivity index (χ3v) is 4.58. The Hall–Kier alpha value is -2.43. The molecule has 27 heavy (non-hydrogen) atoms. The molecule has 0 radical (unpaired) electrons. The Morgan fingerprint density at radius 3 is 2.33 bits per heavy atom. The van der Waals surface area contributed by atoms with Crippen LogP contribution in [0.3, 0.4) is 0 Å². The topological polar surface area (TPSA) is 35.5 Å². The lowest BCUT2D eigenvalue weighted by Crippen LogP contribution is -2.10. The van der Waals surface area contributed by atoms with Crippen molar-refractivity contribution in [3.63, 3.8) is 0 Å². The van der Waals surface area contributed by atoms with Gasteiger partial charge in [-0.15, -0.1) is 0 Å². The highest BCUT2D eigenvalue weighted by Crippen LogP contribution is 2.34. The van der Waals surface area contributed by atoms with E-state index in [1.807, 2.05) is 32.9 Å². The minimum absolute atomic E-state index is 0.0565. The van der Waals surface area contributed by atoms with Gasteiger partial charge in [-0.3, -0.25) is 4.79 Å². The molecule has 0 amide bonds. The van der Waals surface area contributed by atoms with E-state index in [2.05, 4.69) is 0 Å². The molecule has 0 fully saturated rings. The minimum atomic E-state index is -2.62. The Labute approximate surface area is 159 Å². The van der Waals surface area contributed by atoms with Gasteiger partial charge in [-0.05, 0) is 54.7 Å². The first kappa shape index (κ1) is 20.9. The molecule has 0 aliphatic carbocycles. The van der Waals surface area contributed by atoms with E-state index >= 15 is 0 Å². The van der Waals surface area contributed by atoms with Gasteiger partial charge in [0, 0.05) is 12.0 Å². The lowest BCUT2D eigenvalue weighted by molar-refractivity contribution is -0.134. The molecule has 0 atom stereocenters. The van der Waals surface area contributed by atoms with Crippen molar-refractivity contribution in [3.05, 3.63) is 58.1 Å². The lowest BCUT2D eigenvalue weighted by atomic mass is 10.0. The summed E-state index contributed by atoms with van der Waals surface area (Å²) >= 11 is 0. The maximum atomic E-state index is 13.5. The summed E-state index contributed by atoms with van der Waals surface area (Å²) in [6.07, 6.45) is -0.971. The number of esters is 1. The lowest BCUT2D eigenvalue weighted by Gasteiger charge is -2.18. The molecule has 0 heterocycles. The Bertz CT molecular complexity index is 800. The average Bonchev–Trinajstić information content (AvgIpc) is 2.66. The first-order valence-electron chi connectivity index (χ1n) is 9.26. The molecular formula is C22H26F2O3. The van der Waals surface area contributed by atoms with E-state index in [4.69, 9.17) is 9.47 Å². The second-order valence-corrected chi connectivity index (χ2v) is 6.33. The Balaban J connectivity index is 2.36. The highest BCUT2D eigenvalue weighted by atomic mass is 19.3. The summed E-state index contributed by atoms with van der Waals surface area (Å²) in [5.74, 6) is 0.237. The SMILES string of the molecule is CCC(=O)Oc1cccc(CC)c1COc1cc(C)c(CC)cc1C(F)F. The summed E-state index contributed by atoms with van der Waals surface area (Å²) in [5.41, 5.74) is 3.34. The van der Waals surface area contributed by atoms with Crippen molar-refractivity contribution >= 4 is 5.97 Å². The smallest absolute Gasteiger partial charge is 0.310 e. The molecule has 0 spiro atoms. The van der Waals surface area contributed by atoms with E-state index in [1.54, 1.807) is 19.1 Å². The first-order chi connectivity index (χ1) is 12.9. The van der Waals surface area contributed by atoms with Crippen molar-refractivity contribution in [2.24, 2.45) is 0 Å². The van der Waals surface area contributed by atoms with Gasteiger partial charge in [0.05, 0.1) is 5.56 Å². The van der Waals surface area contributed by atoms with Gasteiger partial charge in [-0.25, -0.2) is 8.78 Å². The highest BCUT2D eigenvalue weighted by Gasteiger charge is 2.18. The Kier molecular flexibility index (Phi) is 7.34. The fraction of sp³-hybridized carbons (Fsp3) is 0.409. The number of halogens is 2. The van der Waals surface area contributed by atoms with Crippen molar-refractivity contribution in [1.29, 1.82) is 0 Å². The van der Waals surface area contributed by atoms with E-state index in [-0.39, 0.29) is 30.3 Å². The van der Waals surface area contributed by atoms with Gasteiger partial charge < -0.3 is 9.47 Å². The monoisotopic (exact) mass is 376 g/mol. The van der Waals surface area contributed by atoms with Gasteiger partial charge in [0.1, 0.15) is 18.1 Å². The molecule has 2 aromatic carbocycles. The number of benzene rings is 2. The number of rotatable bonds is 8. The van der Waals surface area contributed by atoms with Crippen LogP contribution in [0.25, 0.3) is 0 Å². The van der Waals surface area contributed by atoms with Crippen LogP contribution >= 0.6 is 0 Å². The average molecular weight is 376 g/mol. The maximum Gasteiger partial charge on any atom is 0.310 e. The second kappa shape index (κ2) is 9.49. The van der Waals surface area contributed by atoms with E-state index in [0.29, 0.717) is 24.2 Å². The van der Waals surface area contributed by atoms with Gasteiger partial charge in [0.25, 0.3) is 6.43 Å². The molecule has 0 saturated heterocycles. The van der Waals surface area contributed by atoms with Crippen LogP contribution in [0.15, 0.2) is 30.3 Å². The van der Waals surface area contributed by atoms with Crippen molar-refractivity contribution in [2.75, 3.05) is 0 Å². The molecule has 0 N–H and O–H groups in total. The molecule has 5 heteroatoms. The fourth-order valence-electron chi connectivity index (χ4n) is 2.97. The number of hydrogen-bond donors (Lipinski definition) is 0. The number of alkyl halides is 2. The first-order valence-corrected chi connectivity index (χ1v) is 9.26. The van der Waals surface area contributed by atoms with E-state index in [9.17, 15) is 13.6 Å². The summed E-state index contributed by atoms with van der Waals surface area (Å²) in [5, 5.41) is 0. The largest absolute Gasteiger partial charge is 0.488 e. The third-order valence-electron chi connectivity index (χ3n) is 4.58. The minimum Gasteiger partial charge on any atom is -0.488 e. The highest BCUT2D eigenvalue weighted by molar-refractivity contribution is 5.72. The molecule has 2 aromatic rings. The van der Waals surface area contributed by atoms with Crippen molar-refractivity contribution < 1.29 is 23.0 Å². The quantitative estimate of drug-likeness (QED) is 0.422. The summed E-state index contributed by atoms with van der Waals surface area (Å²) in [6, 6.07) is 8.60. The molecule has 0 aliphatic rings. The van der Waals surface area contributed by atoms with Crippen LogP contribution < -0.4 is 9.47 Å². The van der Waals surface area contributed by atoms with Gasteiger partial charge in [0.15, 0.2) is 0 Å². The van der Waals surface area contributed by atoms with Crippen molar-refractivity contribution in [1.82, 2.24) is 0 Å². The zero-order valence-corrected chi connectivity index (χ0v) is 16.3. The van der Waals surface area contributed by atoms with Crippen LogP contribution in [0.1, 0.15) is 61.4 Å². The van der Waals surface area contributed by atoms with Crippen LogP contribution in [-0.2, 0) is 24.2 Å². The van der Waals surface area contributed by atoms with Crippen molar-refractivity contribution in [3.8, 4) is 11.5 Å². The summed E-state index contributed by atoms with van der Waals surface area (Å²) < 4.78 is 38.2. The summed E-state index contributed by atoms with van der Waals surface area (Å²) in [7, 11) is 0. The molecule has 146 valence electrons. The molecule has 0 bridgehead atoms. The van der Waals surface area contributed by atoms with Gasteiger partial charge >= 0.3 is 5.97 Å². The maximum absolute atomic E-state index is 13.5. The third kappa shape index (κ3) is 5.06. The Morgan fingerprint density at radius 1 is 1.04 bits per heavy atom. The molecule has 0 aliphatic heterocycles. The van der Waals surface area contributed by atoms with E-state index in [0.717, 1.165) is 16.7 Å². The van der Waals surface area contributed by atoms with Crippen molar-refractivity contribution in [2.45, 2.75) is 60.0 Å². The fourth-order valence-corrected chi connectivity index (χ4v) is 2.97. The number of hydrogen-bond acceptors (Lipinski definition) is 3. The normalized spacial score (nSPS) is 10.9. The van der Waals surface area contributed by atoms with Gasteiger partial charge in [0.2, 0.25) is 0 Å². The number of ether oxygens (including phenoxy) is 2. The van der Waals surface area contributed by atoms with Gasteiger partial charge in [-0.1, -0.05) is 32.9 Å². The predicted octanol–water partition coefficient (Wildman–Crippen LogP) is 5.95. The number of aryl methyl sites for hydroxylation is 3. The number of carbonyl (C=O) groups is 1. The molecule has 3 nitrogen and oxygen atoms in total. The van der Waals surface area contributed by atoms with Gasteiger partial charge in [-0.2, -0.15) is 0 Å². The molecular weight excluding hydrogens is 350 g/mol. The van der Waals surface area contributed by atoms with E-state index < -0.39 is 6.43 Å². The zero-order chi connectivity index (χ0) is 20.0.